The van der Waals surface area contributed by atoms with Gasteiger partial charge in [-0.05, 0) is 96.9 Å². The Hall–Kier alpha value is -7.62. The number of aliphatic hydroxyl groups is 2. The number of piperazine rings is 1. The van der Waals surface area contributed by atoms with E-state index in [2.05, 4.69) is 47.1 Å². The molecule has 5 unspecified atom stereocenters. The molecule has 83 heavy (non-hydrogen) atoms. The molecule has 1 aliphatic carbocycles. The lowest BCUT2D eigenvalue weighted by Gasteiger charge is -2.31. The monoisotopic (exact) mass is 1150 g/mol. The van der Waals surface area contributed by atoms with E-state index in [1.165, 1.54) is 6.07 Å². The smallest absolute Gasteiger partial charge is 0.319 e. The average molecular weight is 1150 g/mol. The van der Waals surface area contributed by atoms with E-state index in [1.54, 1.807) is 40.4 Å². The number of fused-ring (bicyclic) bond motifs is 4. The van der Waals surface area contributed by atoms with Gasteiger partial charge in [-0.1, -0.05) is 79.2 Å². The second-order valence-corrected chi connectivity index (χ2v) is 23.0. The van der Waals surface area contributed by atoms with Crippen molar-refractivity contribution in [1.82, 2.24) is 55.7 Å². The van der Waals surface area contributed by atoms with Crippen LogP contribution < -0.4 is 25.0 Å². The predicted octanol–water partition coefficient (Wildman–Crippen LogP) is 8.81. The summed E-state index contributed by atoms with van der Waals surface area (Å²) < 4.78 is 37.2. The second kappa shape index (κ2) is 23.9. The Bertz CT molecular complexity index is 3660. The summed E-state index contributed by atoms with van der Waals surface area (Å²) >= 11 is 6.41. The maximum absolute atomic E-state index is 16.2. The molecule has 5 atom stereocenters. The SMILES string of the molecule is CO.Cc1c(F)cc2[nH]ncc2c1-c1c(C2CC2)cc2c(N3CC4CC3CN4)nc(OC3CCOCC3)nc2c1OCc1ccc(-c2cn(C(C(=O)N3CCCC3C(=O)NC(CO)c3ccc(-c4cnccc4Cl)cc3)C(C)C)nn2)cc1. The molecule has 432 valence electrons. The lowest BCUT2D eigenvalue weighted by atomic mass is 9.88. The second-order valence-electron chi connectivity index (χ2n) is 22.6. The fourth-order valence-electron chi connectivity index (χ4n) is 12.5. The third kappa shape index (κ3) is 11.1. The molecule has 0 spiro atoms. The molecule has 5 fully saturated rings. The summed E-state index contributed by atoms with van der Waals surface area (Å²) in [6, 6.07) is 19.6. The Morgan fingerprint density at radius 2 is 1.73 bits per heavy atom. The zero-order chi connectivity index (χ0) is 57.5. The first kappa shape index (κ1) is 55.9. The Labute approximate surface area is 484 Å². The molecule has 2 bridgehead atoms. The van der Waals surface area contributed by atoms with Gasteiger partial charge in [0.15, 0.2) is 5.75 Å². The van der Waals surface area contributed by atoms with Crippen molar-refractivity contribution < 1.29 is 38.4 Å². The van der Waals surface area contributed by atoms with Crippen LogP contribution in [0.15, 0.2) is 91.5 Å². The highest BCUT2D eigenvalue weighted by Gasteiger charge is 2.42. The van der Waals surface area contributed by atoms with Gasteiger partial charge in [-0.2, -0.15) is 15.1 Å². The van der Waals surface area contributed by atoms with Crippen LogP contribution in [0.1, 0.15) is 99.0 Å². The number of amides is 2. The summed E-state index contributed by atoms with van der Waals surface area (Å²) in [5, 5.41) is 42.8. The highest BCUT2D eigenvalue weighted by atomic mass is 35.5. The number of aromatic amines is 1. The summed E-state index contributed by atoms with van der Waals surface area (Å²) in [7, 11) is 1.00. The molecule has 1 saturated carbocycles. The van der Waals surface area contributed by atoms with Crippen LogP contribution in [-0.4, -0.2) is 138 Å². The number of benzene rings is 4. The van der Waals surface area contributed by atoms with Crippen molar-refractivity contribution in [3.8, 4) is 45.3 Å². The molecular weight excluding hydrogens is 1080 g/mol. The number of carbonyl (C=O) groups is 2. The number of ether oxygens (including phenoxy) is 3. The number of nitrogens with one attached hydrogen (secondary N) is 3. The number of halogens is 2. The first-order valence-electron chi connectivity index (χ1n) is 28.7. The summed E-state index contributed by atoms with van der Waals surface area (Å²) in [6.07, 6.45) is 12.3. The Morgan fingerprint density at radius 3 is 2.45 bits per heavy atom. The van der Waals surface area contributed by atoms with Crippen molar-refractivity contribution in [1.29, 1.82) is 0 Å². The molecule has 8 heterocycles. The summed E-state index contributed by atoms with van der Waals surface area (Å²) in [5.74, 6) is 0.485. The van der Waals surface area contributed by atoms with Crippen molar-refractivity contribution in [3.63, 3.8) is 0 Å². The van der Waals surface area contributed by atoms with Gasteiger partial charge in [-0.3, -0.25) is 19.7 Å². The molecule has 4 aromatic heterocycles. The number of likely N-dealkylation sites (tertiary alicyclic amines) is 1. The van der Waals surface area contributed by atoms with E-state index < -0.39 is 18.1 Å². The quantitative estimate of drug-likeness (QED) is 0.0574. The number of aromatic nitrogens is 8. The Morgan fingerprint density at radius 1 is 0.952 bits per heavy atom. The fourth-order valence-corrected chi connectivity index (χ4v) is 12.7. The molecule has 8 aromatic rings. The normalized spacial score (nSPS) is 19.6. The summed E-state index contributed by atoms with van der Waals surface area (Å²) in [4.78, 5) is 47.3. The average Bonchev–Trinajstić information content (AvgIpc) is 4.25. The van der Waals surface area contributed by atoms with Crippen molar-refractivity contribution >= 4 is 51.0 Å². The molecule has 4 saturated heterocycles. The van der Waals surface area contributed by atoms with Gasteiger partial charge in [-0.15, -0.1) is 5.10 Å². The molecule has 0 radical (unpaired) electrons. The number of hydrogen-bond acceptors (Lipinski definition) is 15. The Balaban J connectivity index is 0.00000336. The number of hydrogen-bond donors (Lipinski definition) is 5. The van der Waals surface area contributed by atoms with Gasteiger partial charge in [0.05, 0.1) is 48.8 Å². The zero-order valence-corrected chi connectivity index (χ0v) is 47.7. The number of rotatable bonds is 17. The lowest BCUT2D eigenvalue weighted by molar-refractivity contribution is -0.142. The fraction of sp³-hybridized carbons (Fsp3) is 0.419. The predicted molar refractivity (Wildman–Crippen MR) is 313 cm³/mol. The van der Waals surface area contributed by atoms with Gasteiger partial charge in [0, 0.05) is 97.1 Å². The maximum atomic E-state index is 16.2. The van der Waals surface area contributed by atoms with Crippen LogP contribution in [0, 0.1) is 18.7 Å². The first-order valence-corrected chi connectivity index (χ1v) is 29.1. The number of pyridine rings is 1. The molecule has 13 rings (SSSR count). The highest BCUT2D eigenvalue weighted by Crippen LogP contribution is 2.54. The van der Waals surface area contributed by atoms with Crippen molar-refractivity contribution in [2.24, 2.45) is 5.92 Å². The van der Waals surface area contributed by atoms with Crippen LogP contribution in [-0.2, 0) is 20.9 Å². The van der Waals surface area contributed by atoms with Crippen molar-refractivity contribution in [2.75, 3.05) is 51.5 Å². The lowest BCUT2D eigenvalue weighted by Crippen LogP contribution is -2.50. The summed E-state index contributed by atoms with van der Waals surface area (Å²) in [6.45, 7) is 8.83. The summed E-state index contributed by atoms with van der Waals surface area (Å²) in [5.41, 5.74) is 8.84. The van der Waals surface area contributed by atoms with E-state index >= 15 is 4.39 Å². The zero-order valence-electron chi connectivity index (χ0n) is 46.9. The third-order valence-corrected chi connectivity index (χ3v) is 17.3. The van der Waals surface area contributed by atoms with Gasteiger partial charge in [0.1, 0.15) is 47.6 Å². The van der Waals surface area contributed by atoms with Crippen LogP contribution in [0.25, 0.3) is 55.3 Å². The van der Waals surface area contributed by atoms with Gasteiger partial charge in [-0.25, -0.2) is 9.07 Å². The highest BCUT2D eigenvalue weighted by molar-refractivity contribution is 6.33. The number of H-pyrrole nitrogens is 1. The largest absolute Gasteiger partial charge is 0.486 e. The molecule has 5 N–H and O–H groups in total. The van der Waals surface area contributed by atoms with Crippen LogP contribution in [0.2, 0.25) is 5.02 Å². The van der Waals surface area contributed by atoms with E-state index in [-0.39, 0.29) is 60.8 Å². The topological polar surface area (TPSA) is 231 Å². The van der Waals surface area contributed by atoms with E-state index in [0.717, 1.165) is 108 Å². The maximum Gasteiger partial charge on any atom is 0.319 e. The van der Waals surface area contributed by atoms with Gasteiger partial charge < -0.3 is 44.9 Å². The van der Waals surface area contributed by atoms with E-state index in [9.17, 15) is 14.7 Å². The minimum absolute atomic E-state index is 0.109. The molecule has 2 amide bonds. The molecular formula is C62H68ClFN12O7. The van der Waals surface area contributed by atoms with Gasteiger partial charge in [0.2, 0.25) is 11.8 Å². The third-order valence-electron chi connectivity index (χ3n) is 17.0. The number of carbonyl (C=O) groups excluding carboxylic acids is 2. The number of nitrogens with zero attached hydrogens (tertiary/aromatic N) is 9. The molecule has 5 aliphatic rings. The molecule has 4 aromatic carbocycles. The number of anilines is 1. The van der Waals surface area contributed by atoms with Gasteiger partial charge in [0.25, 0.3) is 0 Å². The molecule has 21 heteroatoms. The van der Waals surface area contributed by atoms with Crippen LogP contribution in [0.5, 0.6) is 11.8 Å². The van der Waals surface area contributed by atoms with Gasteiger partial charge >= 0.3 is 6.01 Å². The standard InChI is InChI=1S/C61H64ClFN12O6.CH4O/c1-33(2)56(60(78)73-20-4-5-52(73)59(77)67-51(31-76)39-14-12-37(13-15-39)45-27-64-19-16-47(45)62)75-30-50(71-72-75)38-8-6-35(7-9-38)32-80-57-54(53-34(3)48(63)25-49-46(53)28-66-70-49)43(36-10-11-36)24-44-55(57)68-61(81-42-17-21-79-22-18-42)69-58(44)74-29-40-23-41(74)26-65-40;1-2/h6-9,12-16,19,24-25,27-28,30,33,36,40-42,51-52,56,65,76H,4-5,10-11,17-18,20-23,26,29,31-32H2,1-3H3,(H,66,70)(H,67,77);2H,1H3. The van der Waals surface area contributed by atoms with Crippen molar-refractivity contribution in [3.05, 3.63) is 125 Å². The van der Waals surface area contributed by atoms with Crippen molar-refractivity contribution in [2.45, 2.75) is 115 Å². The van der Waals surface area contributed by atoms with Crippen LogP contribution in [0.3, 0.4) is 0 Å². The van der Waals surface area contributed by atoms with E-state index in [1.807, 2.05) is 69.3 Å². The van der Waals surface area contributed by atoms with E-state index in [0.29, 0.717) is 77.3 Å². The minimum Gasteiger partial charge on any atom is -0.486 e. The Kier molecular flexibility index (Phi) is 16.1. The molecule has 4 aliphatic heterocycles. The number of aliphatic hydroxyl groups excluding tert-OH is 2. The molecule has 19 nitrogen and oxygen atoms in total. The van der Waals surface area contributed by atoms with Crippen LogP contribution in [0.4, 0.5) is 10.2 Å². The first-order chi connectivity index (χ1) is 40.5. The minimum atomic E-state index is -0.738. The van der Waals surface area contributed by atoms with E-state index in [4.69, 9.17) is 40.9 Å². The van der Waals surface area contributed by atoms with Crippen LogP contribution >= 0.6 is 11.6 Å².